The zero-order chi connectivity index (χ0) is 26.9. The van der Waals surface area contributed by atoms with Crippen molar-refractivity contribution >= 4 is 46.4 Å². The van der Waals surface area contributed by atoms with Gasteiger partial charge in [-0.05, 0) is 73.9 Å². The number of ether oxygens (including phenoxy) is 2. The first-order chi connectivity index (χ1) is 17.6. The Kier molecular flexibility index (Phi) is 7.22. The second-order valence-corrected chi connectivity index (χ2v) is 9.04. The van der Waals surface area contributed by atoms with Gasteiger partial charge in [0, 0.05) is 23.0 Å². The molecule has 8 nitrogen and oxygen atoms in total. The number of carbonyl (C=O) groups is 3. The number of halogens is 1. The highest BCUT2D eigenvalue weighted by molar-refractivity contribution is 6.53. The van der Waals surface area contributed by atoms with E-state index in [0.717, 1.165) is 21.6 Å². The van der Waals surface area contributed by atoms with Crippen molar-refractivity contribution in [3.8, 4) is 11.5 Å². The molecule has 1 aliphatic heterocycles. The first-order valence-corrected chi connectivity index (χ1v) is 11.8. The third-order valence-corrected chi connectivity index (χ3v) is 6.24. The van der Waals surface area contributed by atoms with Crippen LogP contribution in [0.5, 0.6) is 11.5 Å². The van der Waals surface area contributed by atoms with Gasteiger partial charge in [0.15, 0.2) is 0 Å². The molecule has 0 saturated heterocycles. The maximum Gasteiger partial charge on any atom is 0.283 e. The standard InChI is InChI=1S/C28H26ClN3O5/c1-15-10-16(2)12-19(11-15)30-26(33)18-7-6-17(3)21(13-18)31-25-24(29)27(34)32(28(25)35)22-9-8-20(36-4)14-23(22)37-5/h6-14,31H,1-5H3,(H,30,33). The lowest BCUT2D eigenvalue weighted by Crippen LogP contribution is -2.32. The summed E-state index contributed by atoms with van der Waals surface area (Å²) in [5.74, 6) is -0.884. The Morgan fingerprint density at radius 1 is 0.865 bits per heavy atom. The van der Waals surface area contributed by atoms with E-state index in [1.165, 1.54) is 14.2 Å². The lowest BCUT2D eigenvalue weighted by molar-refractivity contribution is -0.120. The quantitative estimate of drug-likeness (QED) is 0.410. The number of hydrogen-bond acceptors (Lipinski definition) is 6. The fourth-order valence-electron chi connectivity index (χ4n) is 4.08. The maximum absolute atomic E-state index is 13.3. The second-order valence-electron chi connectivity index (χ2n) is 8.66. The number of nitrogens with one attached hydrogen (secondary N) is 2. The van der Waals surface area contributed by atoms with Crippen LogP contribution in [0.25, 0.3) is 0 Å². The molecule has 3 aromatic rings. The van der Waals surface area contributed by atoms with E-state index in [9.17, 15) is 14.4 Å². The summed E-state index contributed by atoms with van der Waals surface area (Å²) in [4.78, 5) is 40.2. The summed E-state index contributed by atoms with van der Waals surface area (Å²) < 4.78 is 10.5. The topological polar surface area (TPSA) is 97.0 Å². The van der Waals surface area contributed by atoms with Crippen molar-refractivity contribution in [3.63, 3.8) is 0 Å². The summed E-state index contributed by atoms with van der Waals surface area (Å²) in [6, 6.07) is 15.6. The Balaban J connectivity index is 1.60. The number of amides is 3. The van der Waals surface area contributed by atoms with Gasteiger partial charge in [-0.3, -0.25) is 14.4 Å². The van der Waals surface area contributed by atoms with Gasteiger partial charge < -0.3 is 20.1 Å². The predicted octanol–water partition coefficient (Wildman–Crippen LogP) is 5.32. The highest BCUT2D eigenvalue weighted by Gasteiger charge is 2.40. The number of rotatable bonds is 7. The van der Waals surface area contributed by atoms with E-state index in [0.29, 0.717) is 22.7 Å². The van der Waals surface area contributed by atoms with Gasteiger partial charge in [0.1, 0.15) is 22.2 Å². The molecule has 190 valence electrons. The SMILES string of the molecule is COc1ccc(N2C(=O)C(Cl)=C(Nc3cc(C(=O)Nc4cc(C)cc(C)c4)ccc3C)C2=O)c(OC)c1. The Morgan fingerprint density at radius 3 is 2.22 bits per heavy atom. The van der Waals surface area contributed by atoms with Crippen molar-refractivity contribution in [2.75, 3.05) is 29.8 Å². The van der Waals surface area contributed by atoms with Gasteiger partial charge >= 0.3 is 0 Å². The molecule has 3 amide bonds. The molecular weight excluding hydrogens is 494 g/mol. The molecule has 0 spiro atoms. The van der Waals surface area contributed by atoms with Gasteiger partial charge in [-0.1, -0.05) is 23.7 Å². The Bertz CT molecular complexity index is 1440. The fourth-order valence-corrected chi connectivity index (χ4v) is 4.30. The number of methoxy groups -OCH3 is 2. The Hall–Kier alpha value is -4.30. The monoisotopic (exact) mass is 519 g/mol. The molecule has 0 aliphatic carbocycles. The molecule has 0 atom stereocenters. The molecule has 37 heavy (non-hydrogen) atoms. The second kappa shape index (κ2) is 10.4. The molecule has 0 unspecified atom stereocenters. The smallest absolute Gasteiger partial charge is 0.283 e. The molecule has 4 rings (SSSR count). The number of imide groups is 1. The summed E-state index contributed by atoms with van der Waals surface area (Å²) in [5.41, 5.74) is 4.47. The fraction of sp³-hybridized carbons (Fsp3) is 0.179. The van der Waals surface area contributed by atoms with Crippen LogP contribution in [0.1, 0.15) is 27.0 Å². The van der Waals surface area contributed by atoms with Crippen molar-refractivity contribution in [3.05, 3.63) is 87.6 Å². The van der Waals surface area contributed by atoms with E-state index in [2.05, 4.69) is 10.6 Å². The van der Waals surface area contributed by atoms with Crippen LogP contribution < -0.4 is 25.0 Å². The van der Waals surface area contributed by atoms with Gasteiger partial charge in [-0.25, -0.2) is 4.90 Å². The van der Waals surface area contributed by atoms with Crippen molar-refractivity contribution in [2.24, 2.45) is 0 Å². The highest BCUT2D eigenvalue weighted by Crippen LogP contribution is 2.38. The minimum Gasteiger partial charge on any atom is -0.497 e. The van der Waals surface area contributed by atoms with E-state index in [-0.39, 0.29) is 28.1 Å². The number of hydrogen-bond donors (Lipinski definition) is 2. The van der Waals surface area contributed by atoms with Crippen LogP contribution in [-0.4, -0.2) is 31.9 Å². The van der Waals surface area contributed by atoms with Crippen LogP contribution >= 0.6 is 11.6 Å². The largest absolute Gasteiger partial charge is 0.497 e. The summed E-state index contributed by atoms with van der Waals surface area (Å²) in [6.45, 7) is 5.73. The van der Waals surface area contributed by atoms with Gasteiger partial charge in [0.25, 0.3) is 17.7 Å². The molecule has 0 aromatic heterocycles. The van der Waals surface area contributed by atoms with Crippen molar-refractivity contribution in [2.45, 2.75) is 20.8 Å². The molecule has 0 bridgehead atoms. The van der Waals surface area contributed by atoms with E-state index in [1.54, 1.807) is 36.4 Å². The Labute approximate surface area is 219 Å². The number of aryl methyl sites for hydroxylation is 3. The summed E-state index contributed by atoms with van der Waals surface area (Å²) >= 11 is 6.32. The normalized spacial score (nSPS) is 13.2. The molecule has 1 heterocycles. The van der Waals surface area contributed by atoms with Crippen LogP contribution in [0, 0.1) is 20.8 Å². The van der Waals surface area contributed by atoms with Crippen LogP contribution in [0.3, 0.4) is 0 Å². The summed E-state index contributed by atoms with van der Waals surface area (Å²) in [7, 11) is 2.93. The van der Waals surface area contributed by atoms with E-state index in [1.807, 2.05) is 39.0 Å². The van der Waals surface area contributed by atoms with Crippen LogP contribution in [0.2, 0.25) is 0 Å². The van der Waals surface area contributed by atoms with E-state index in [4.69, 9.17) is 21.1 Å². The minimum absolute atomic E-state index is 0.0977. The number of anilines is 3. The molecule has 3 aromatic carbocycles. The maximum atomic E-state index is 13.3. The number of carbonyl (C=O) groups excluding carboxylic acids is 3. The van der Waals surface area contributed by atoms with Gasteiger partial charge in [0.2, 0.25) is 0 Å². The van der Waals surface area contributed by atoms with Crippen LogP contribution in [0.15, 0.2) is 65.3 Å². The van der Waals surface area contributed by atoms with Crippen LogP contribution in [0.4, 0.5) is 17.1 Å². The molecular formula is C28H26ClN3O5. The van der Waals surface area contributed by atoms with E-state index >= 15 is 0 Å². The molecule has 0 radical (unpaired) electrons. The summed E-state index contributed by atoms with van der Waals surface area (Å²) in [5, 5.41) is 5.59. The molecule has 0 saturated carbocycles. The van der Waals surface area contributed by atoms with Gasteiger partial charge in [0.05, 0.1) is 19.9 Å². The summed E-state index contributed by atoms with van der Waals surface area (Å²) in [6.07, 6.45) is 0. The first kappa shape index (κ1) is 25.8. The highest BCUT2D eigenvalue weighted by atomic mass is 35.5. The van der Waals surface area contributed by atoms with Gasteiger partial charge in [-0.2, -0.15) is 0 Å². The third-order valence-electron chi connectivity index (χ3n) is 5.89. The van der Waals surface area contributed by atoms with Crippen molar-refractivity contribution in [1.82, 2.24) is 0 Å². The lowest BCUT2D eigenvalue weighted by Gasteiger charge is -2.19. The van der Waals surface area contributed by atoms with Crippen molar-refractivity contribution in [1.29, 1.82) is 0 Å². The Morgan fingerprint density at radius 2 is 1.57 bits per heavy atom. The molecule has 0 fully saturated rings. The molecule has 1 aliphatic rings. The van der Waals surface area contributed by atoms with E-state index < -0.39 is 11.8 Å². The first-order valence-electron chi connectivity index (χ1n) is 11.4. The number of benzene rings is 3. The minimum atomic E-state index is -0.695. The van der Waals surface area contributed by atoms with Crippen molar-refractivity contribution < 1.29 is 23.9 Å². The predicted molar refractivity (Wildman–Crippen MR) is 144 cm³/mol. The molecule has 2 N–H and O–H groups in total. The zero-order valence-corrected chi connectivity index (χ0v) is 21.8. The average Bonchev–Trinajstić information content (AvgIpc) is 3.07. The average molecular weight is 520 g/mol. The van der Waals surface area contributed by atoms with Crippen LogP contribution in [-0.2, 0) is 9.59 Å². The lowest BCUT2D eigenvalue weighted by atomic mass is 10.1. The number of nitrogens with zero attached hydrogens (tertiary/aromatic N) is 1. The van der Waals surface area contributed by atoms with Gasteiger partial charge in [-0.15, -0.1) is 0 Å². The molecule has 9 heteroatoms. The zero-order valence-electron chi connectivity index (χ0n) is 21.1. The third kappa shape index (κ3) is 5.15.